The SMILES string of the molecule is COc1ccc(Cc2nnc(SCC(=O)c3cc(C)n(Cc4ccco4)c3C)o2)cc1. The lowest BCUT2D eigenvalue weighted by molar-refractivity contribution is 0.102. The Labute approximate surface area is 184 Å². The number of thioether (sulfide) groups is 1. The molecule has 0 aliphatic heterocycles. The summed E-state index contributed by atoms with van der Waals surface area (Å²) >= 11 is 1.25. The lowest BCUT2D eigenvalue weighted by Gasteiger charge is -2.07. The first-order valence-corrected chi connectivity index (χ1v) is 10.8. The Hall–Kier alpha value is -3.26. The van der Waals surface area contributed by atoms with E-state index in [1.807, 2.05) is 56.3 Å². The molecule has 0 bridgehead atoms. The van der Waals surface area contributed by atoms with Crippen molar-refractivity contribution in [3.63, 3.8) is 0 Å². The average molecular weight is 438 g/mol. The van der Waals surface area contributed by atoms with Crippen molar-refractivity contribution in [1.82, 2.24) is 14.8 Å². The summed E-state index contributed by atoms with van der Waals surface area (Å²) in [5.41, 5.74) is 3.68. The summed E-state index contributed by atoms with van der Waals surface area (Å²) in [4.78, 5) is 12.8. The minimum absolute atomic E-state index is 0.0266. The van der Waals surface area contributed by atoms with Gasteiger partial charge < -0.3 is 18.1 Å². The summed E-state index contributed by atoms with van der Waals surface area (Å²) in [6.07, 6.45) is 2.18. The fourth-order valence-corrected chi connectivity index (χ4v) is 4.04. The van der Waals surface area contributed by atoms with Crippen molar-refractivity contribution in [1.29, 1.82) is 0 Å². The van der Waals surface area contributed by atoms with Gasteiger partial charge in [0, 0.05) is 17.0 Å². The van der Waals surface area contributed by atoms with Crippen LogP contribution in [0.15, 0.2) is 62.8 Å². The van der Waals surface area contributed by atoms with Gasteiger partial charge in [-0.15, -0.1) is 10.2 Å². The van der Waals surface area contributed by atoms with Crippen LogP contribution in [0.5, 0.6) is 5.75 Å². The molecule has 0 aliphatic carbocycles. The van der Waals surface area contributed by atoms with Gasteiger partial charge in [-0.05, 0) is 49.7 Å². The van der Waals surface area contributed by atoms with E-state index in [2.05, 4.69) is 14.8 Å². The number of rotatable bonds is 9. The molecule has 0 radical (unpaired) electrons. The van der Waals surface area contributed by atoms with Crippen molar-refractivity contribution >= 4 is 17.5 Å². The summed E-state index contributed by atoms with van der Waals surface area (Å²) in [6.45, 7) is 4.54. The van der Waals surface area contributed by atoms with Crippen LogP contribution in [0.1, 0.15) is 39.0 Å². The molecule has 0 saturated carbocycles. The van der Waals surface area contributed by atoms with Crippen LogP contribution in [0.4, 0.5) is 0 Å². The van der Waals surface area contributed by atoms with Gasteiger partial charge in [0.25, 0.3) is 5.22 Å². The van der Waals surface area contributed by atoms with E-state index in [9.17, 15) is 4.79 Å². The highest BCUT2D eigenvalue weighted by molar-refractivity contribution is 7.99. The summed E-state index contributed by atoms with van der Waals surface area (Å²) in [6, 6.07) is 13.4. The van der Waals surface area contributed by atoms with Gasteiger partial charge in [0.05, 0.1) is 32.1 Å². The maximum atomic E-state index is 12.8. The lowest BCUT2D eigenvalue weighted by Crippen LogP contribution is -2.07. The Kier molecular flexibility index (Phi) is 6.27. The van der Waals surface area contributed by atoms with Crippen molar-refractivity contribution in [3.8, 4) is 5.75 Å². The molecule has 0 spiro atoms. The van der Waals surface area contributed by atoms with Gasteiger partial charge in [0.15, 0.2) is 5.78 Å². The molecule has 0 saturated heterocycles. The standard InChI is InChI=1S/C23H23N3O4S/c1-15-11-20(16(2)26(15)13-19-5-4-10-29-19)21(27)14-31-23-25-24-22(30-23)12-17-6-8-18(28-3)9-7-17/h4-11H,12-14H2,1-3H3. The molecule has 0 fully saturated rings. The Morgan fingerprint density at radius 2 is 1.97 bits per heavy atom. The molecule has 0 N–H and O–H groups in total. The second-order valence-electron chi connectivity index (χ2n) is 7.15. The number of aryl methyl sites for hydroxylation is 1. The topological polar surface area (TPSA) is 83.3 Å². The molecule has 160 valence electrons. The number of hydrogen-bond acceptors (Lipinski definition) is 7. The van der Waals surface area contributed by atoms with E-state index in [0.717, 1.165) is 28.5 Å². The minimum atomic E-state index is 0.0266. The van der Waals surface area contributed by atoms with Gasteiger partial charge in [-0.3, -0.25) is 4.79 Å². The summed E-state index contributed by atoms with van der Waals surface area (Å²) in [5.74, 6) is 2.42. The van der Waals surface area contributed by atoms with E-state index in [0.29, 0.717) is 29.6 Å². The number of nitrogens with zero attached hydrogens (tertiary/aromatic N) is 3. The minimum Gasteiger partial charge on any atom is -0.497 e. The van der Waals surface area contributed by atoms with E-state index in [-0.39, 0.29) is 11.5 Å². The number of ether oxygens (including phenoxy) is 1. The van der Waals surface area contributed by atoms with Crippen molar-refractivity contribution in [2.24, 2.45) is 0 Å². The third-order valence-corrected chi connectivity index (χ3v) is 5.88. The number of furan rings is 1. The molecule has 7 nitrogen and oxygen atoms in total. The normalized spacial score (nSPS) is 11.1. The Morgan fingerprint density at radius 3 is 2.68 bits per heavy atom. The smallest absolute Gasteiger partial charge is 0.277 e. The monoisotopic (exact) mass is 437 g/mol. The summed E-state index contributed by atoms with van der Waals surface area (Å²) in [5, 5.41) is 8.54. The van der Waals surface area contributed by atoms with Crippen LogP contribution >= 0.6 is 11.8 Å². The number of ketones is 1. The van der Waals surface area contributed by atoms with E-state index in [1.165, 1.54) is 11.8 Å². The molecule has 3 aromatic heterocycles. The largest absolute Gasteiger partial charge is 0.497 e. The fraction of sp³-hybridized carbons (Fsp3) is 0.261. The van der Waals surface area contributed by atoms with E-state index in [4.69, 9.17) is 13.6 Å². The number of carbonyl (C=O) groups excluding carboxylic acids is 1. The second-order valence-corrected chi connectivity index (χ2v) is 8.08. The van der Waals surface area contributed by atoms with Crippen LogP contribution in [0.2, 0.25) is 0 Å². The highest BCUT2D eigenvalue weighted by atomic mass is 32.2. The van der Waals surface area contributed by atoms with Crippen LogP contribution in [-0.4, -0.2) is 33.4 Å². The van der Waals surface area contributed by atoms with Crippen molar-refractivity contribution < 1.29 is 18.4 Å². The third-order valence-electron chi connectivity index (χ3n) is 5.06. The first kappa shape index (κ1) is 21.0. The maximum Gasteiger partial charge on any atom is 0.277 e. The summed E-state index contributed by atoms with van der Waals surface area (Å²) < 4.78 is 18.4. The zero-order chi connectivity index (χ0) is 21.8. The molecule has 4 rings (SSSR count). The third kappa shape index (κ3) is 4.91. The van der Waals surface area contributed by atoms with Crippen LogP contribution < -0.4 is 4.74 Å². The van der Waals surface area contributed by atoms with Crippen LogP contribution in [0, 0.1) is 13.8 Å². The van der Waals surface area contributed by atoms with Gasteiger partial charge in [0.2, 0.25) is 5.89 Å². The highest BCUT2D eigenvalue weighted by Crippen LogP contribution is 2.23. The molecule has 3 heterocycles. The van der Waals surface area contributed by atoms with E-state index in [1.54, 1.807) is 13.4 Å². The zero-order valence-corrected chi connectivity index (χ0v) is 18.4. The zero-order valence-electron chi connectivity index (χ0n) is 17.6. The molecule has 8 heteroatoms. The number of Topliss-reactive ketones (excluding diaryl/α,β-unsaturated/α-hetero) is 1. The lowest BCUT2D eigenvalue weighted by atomic mass is 10.1. The van der Waals surface area contributed by atoms with Gasteiger partial charge in [0.1, 0.15) is 11.5 Å². The number of carbonyl (C=O) groups is 1. The predicted molar refractivity (Wildman–Crippen MR) is 117 cm³/mol. The van der Waals surface area contributed by atoms with E-state index >= 15 is 0 Å². The van der Waals surface area contributed by atoms with Crippen molar-refractivity contribution in [3.05, 3.63) is 82.9 Å². The van der Waals surface area contributed by atoms with Gasteiger partial charge in [-0.1, -0.05) is 23.9 Å². The number of hydrogen-bond donors (Lipinski definition) is 0. The van der Waals surface area contributed by atoms with Crippen molar-refractivity contribution in [2.75, 3.05) is 12.9 Å². The second kappa shape index (κ2) is 9.26. The first-order valence-electron chi connectivity index (χ1n) is 9.84. The van der Waals surface area contributed by atoms with Crippen LogP contribution in [-0.2, 0) is 13.0 Å². The fourth-order valence-electron chi connectivity index (χ4n) is 3.38. The molecule has 31 heavy (non-hydrogen) atoms. The van der Waals surface area contributed by atoms with Crippen LogP contribution in [0.25, 0.3) is 0 Å². The van der Waals surface area contributed by atoms with Crippen LogP contribution in [0.3, 0.4) is 0 Å². The molecule has 1 aromatic carbocycles. The van der Waals surface area contributed by atoms with Gasteiger partial charge in [-0.25, -0.2) is 0 Å². The van der Waals surface area contributed by atoms with Gasteiger partial charge >= 0.3 is 0 Å². The molecule has 0 atom stereocenters. The Morgan fingerprint density at radius 1 is 1.16 bits per heavy atom. The van der Waals surface area contributed by atoms with Gasteiger partial charge in [-0.2, -0.15) is 0 Å². The molecular weight excluding hydrogens is 414 g/mol. The Bertz CT molecular complexity index is 1160. The number of aromatic nitrogens is 3. The molecule has 0 amide bonds. The average Bonchev–Trinajstić information content (AvgIpc) is 3.51. The maximum absolute atomic E-state index is 12.8. The molecular formula is C23H23N3O4S. The molecule has 0 unspecified atom stereocenters. The van der Waals surface area contributed by atoms with E-state index < -0.39 is 0 Å². The van der Waals surface area contributed by atoms with Crippen molar-refractivity contribution in [2.45, 2.75) is 32.0 Å². The Balaban J connectivity index is 1.37. The summed E-state index contributed by atoms with van der Waals surface area (Å²) in [7, 11) is 1.63. The number of benzene rings is 1. The molecule has 0 aliphatic rings. The quantitative estimate of drug-likeness (QED) is 0.277. The predicted octanol–water partition coefficient (Wildman–Crippen LogP) is 4.70. The molecule has 4 aromatic rings. The highest BCUT2D eigenvalue weighted by Gasteiger charge is 2.18. The first-order chi connectivity index (χ1) is 15.0. The number of methoxy groups -OCH3 is 1.